The van der Waals surface area contributed by atoms with Crippen molar-refractivity contribution in [3.8, 4) is 0 Å². The number of hydrazine groups is 1. The molecule has 2 atom stereocenters. The lowest BCUT2D eigenvalue weighted by atomic mass is 9.78. The van der Waals surface area contributed by atoms with Gasteiger partial charge in [0.2, 0.25) is 5.96 Å². The van der Waals surface area contributed by atoms with E-state index in [9.17, 15) is 0 Å². The van der Waals surface area contributed by atoms with E-state index in [0.29, 0.717) is 17.9 Å². The molecule has 1 rings (SSSR count). The number of rotatable bonds is 7. The Hall–Kier alpha value is -0.810. The fraction of sp³-hybridized carbons (Fsp3) is 0.933. The third-order valence-electron chi connectivity index (χ3n) is 4.06. The number of aliphatic imine (C=N–C) groups is 1. The molecule has 1 fully saturated rings. The largest absolute Gasteiger partial charge is 0.382 e. The highest BCUT2D eigenvalue weighted by Gasteiger charge is 2.27. The van der Waals surface area contributed by atoms with Gasteiger partial charge >= 0.3 is 0 Å². The summed E-state index contributed by atoms with van der Waals surface area (Å²) in [5.74, 6) is 7.71. The normalized spacial score (nSPS) is 23.9. The number of guanidine groups is 1. The SMILES string of the molecule is CCOCCCN=C(NN)NC1CCCCC1C(C)C. The Morgan fingerprint density at radius 1 is 1.35 bits per heavy atom. The lowest BCUT2D eigenvalue weighted by molar-refractivity contribution is 0.146. The quantitative estimate of drug-likeness (QED) is 0.220. The summed E-state index contributed by atoms with van der Waals surface area (Å²) < 4.78 is 5.31. The summed E-state index contributed by atoms with van der Waals surface area (Å²) in [6.45, 7) is 8.88. The molecule has 1 aliphatic rings. The van der Waals surface area contributed by atoms with E-state index < -0.39 is 0 Å². The van der Waals surface area contributed by atoms with Crippen LogP contribution in [0.4, 0.5) is 0 Å². The second-order valence-electron chi connectivity index (χ2n) is 5.87. The van der Waals surface area contributed by atoms with Crippen LogP contribution in [0.1, 0.15) is 52.9 Å². The molecule has 0 spiro atoms. The molecular formula is C15H32N4O. The molecule has 0 aliphatic heterocycles. The zero-order valence-electron chi connectivity index (χ0n) is 13.3. The van der Waals surface area contributed by atoms with E-state index in [1.54, 1.807) is 0 Å². The average molecular weight is 284 g/mol. The molecule has 0 saturated heterocycles. The van der Waals surface area contributed by atoms with Crippen molar-refractivity contribution in [2.45, 2.75) is 58.9 Å². The summed E-state index contributed by atoms with van der Waals surface area (Å²) in [7, 11) is 0. The van der Waals surface area contributed by atoms with Crippen LogP contribution in [-0.2, 0) is 4.74 Å². The van der Waals surface area contributed by atoms with E-state index in [-0.39, 0.29) is 0 Å². The van der Waals surface area contributed by atoms with Gasteiger partial charge in [-0.3, -0.25) is 10.4 Å². The number of nitrogens with one attached hydrogen (secondary N) is 2. The first kappa shape index (κ1) is 17.2. The van der Waals surface area contributed by atoms with Crippen molar-refractivity contribution in [1.82, 2.24) is 10.7 Å². The van der Waals surface area contributed by atoms with Crippen molar-refractivity contribution in [2.75, 3.05) is 19.8 Å². The van der Waals surface area contributed by atoms with Crippen molar-refractivity contribution >= 4 is 5.96 Å². The number of nitrogens with zero attached hydrogens (tertiary/aromatic N) is 1. The Morgan fingerprint density at radius 3 is 2.75 bits per heavy atom. The smallest absolute Gasteiger partial charge is 0.205 e. The second-order valence-corrected chi connectivity index (χ2v) is 5.87. The predicted octanol–water partition coefficient (Wildman–Crippen LogP) is 2.04. The molecule has 0 aromatic carbocycles. The van der Waals surface area contributed by atoms with Crippen molar-refractivity contribution in [1.29, 1.82) is 0 Å². The Morgan fingerprint density at radius 2 is 2.10 bits per heavy atom. The molecule has 4 N–H and O–H groups in total. The molecule has 118 valence electrons. The zero-order chi connectivity index (χ0) is 14.8. The van der Waals surface area contributed by atoms with Gasteiger partial charge in [-0.15, -0.1) is 0 Å². The summed E-state index contributed by atoms with van der Waals surface area (Å²) in [4.78, 5) is 4.49. The molecule has 5 nitrogen and oxygen atoms in total. The van der Waals surface area contributed by atoms with Gasteiger partial charge in [0.1, 0.15) is 0 Å². The number of ether oxygens (including phenoxy) is 1. The Balaban J connectivity index is 2.42. The highest BCUT2D eigenvalue weighted by Crippen LogP contribution is 2.30. The van der Waals surface area contributed by atoms with Gasteiger partial charge in [0.25, 0.3) is 0 Å². The van der Waals surface area contributed by atoms with Crippen LogP contribution in [0, 0.1) is 11.8 Å². The van der Waals surface area contributed by atoms with Crippen LogP contribution in [0.3, 0.4) is 0 Å². The maximum Gasteiger partial charge on any atom is 0.205 e. The standard InChI is InChI=1S/C15H32N4O/c1-4-20-11-7-10-17-15(19-16)18-14-9-6-5-8-13(14)12(2)3/h12-14H,4-11,16H2,1-3H3,(H2,17,18,19). The van der Waals surface area contributed by atoms with E-state index in [0.717, 1.165) is 32.1 Å². The Labute approximate surface area is 123 Å². The molecule has 0 amide bonds. The summed E-state index contributed by atoms with van der Waals surface area (Å²) in [6, 6.07) is 0.491. The van der Waals surface area contributed by atoms with Gasteiger partial charge < -0.3 is 10.1 Å². The minimum Gasteiger partial charge on any atom is -0.382 e. The van der Waals surface area contributed by atoms with Crippen molar-refractivity contribution < 1.29 is 4.74 Å². The van der Waals surface area contributed by atoms with Gasteiger partial charge in [0.05, 0.1) is 0 Å². The van der Waals surface area contributed by atoms with Crippen LogP contribution in [0.5, 0.6) is 0 Å². The monoisotopic (exact) mass is 284 g/mol. The van der Waals surface area contributed by atoms with Crippen LogP contribution in [-0.4, -0.2) is 31.8 Å². The molecule has 2 unspecified atom stereocenters. The maximum atomic E-state index is 5.58. The Kier molecular flexibility index (Phi) is 8.62. The van der Waals surface area contributed by atoms with E-state index in [1.165, 1.54) is 25.7 Å². The minimum absolute atomic E-state index is 0.491. The summed E-state index contributed by atoms with van der Waals surface area (Å²) >= 11 is 0. The summed E-state index contributed by atoms with van der Waals surface area (Å²) in [5, 5.41) is 3.50. The second kappa shape index (κ2) is 10.00. The first-order valence-electron chi connectivity index (χ1n) is 8.04. The number of nitrogens with two attached hydrogens (primary N) is 1. The predicted molar refractivity (Wildman–Crippen MR) is 84.5 cm³/mol. The molecule has 20 heavy (non-hydrogen) atoms. The lowest BCUT2D eigenvalue weighted by Crippen LogP contribution is -2.50. The summed E-state index contributed by atoms with van der Waals surface area (Å²) in [6.07, 6.45) is 6.08. The van der Waals surface area contributed by atoms with E-state index in [1.807, 2.05) is 6.92 Å². The first-order valence-corrected chi connectivity index (χ1v) is 8.04. The third kappa shape index (κ3) is 6.09. The van der Waals surface area contributed by atoms with Gasteiger partial charge in [0, 0.05) is 25.8 Å². The summed E-state index contributed by atoms with van der Waals surface area (Å²) in [5.41, 5.74) is 2.70. The molecule has 1 saturated carbocycles. The molecule has 1 aliphatic carbocycles. The van der Waals surface area contributed by atoms with Crippen LogP contribution < -0.4 is 16.6 Å². The topological polar surface area (TPSA) is 71.7 Å². The molecule has 0 aromatic heterocycles. The van der Waals surface area contributed by atoms with Gasteiger partial charge in [-0.1, -0.05) is 26.7 Å². The fourth-order valence-electron chi connectivity index (χ4n) is 2.95. The van der Waals surface area contributed by atoms with Crippen LogP contribution in [0.25, 0.3) is 0 Å². The molecule has 0 radical (unpaired) electrons. The molecule has 0 aromatic rings. The average Bonchev–Trinajstić information content (AvgIpc) is 2.46. The minimum atomic E-state index is 0.491. The van der Waals surface area contributed by atoms with Crippen molar-refractivity contribution in [2.24, 2.45) is 22.7 Å². The van der Waals surface area contributed by atoms with Gasteiger partial charge in [-0.25, -0.2) is 5.84 Å². The third-order valence-corrected chi connectivity index (χ3v) is 4.06. The molecular weight excluding hydrogens is 252 g/mol. The van der Waals surface area contributed by atoms with E-state index >= 15 is 0 Å². The maximum absolute atomic E-state index is 5.58. The van der Waals surface area contributed by atoms with Crippen molar-refractivity contribution in [3.05, 3.63) is 0 Å². The van der Waals surface area contributed by atoms with Crippen LogP contribution >= 0.6 is 0 Å². The number of hydrogen-bond acceptors (Lipinski definition) is 3. The molecule has 0 bridgehead atoms. The number of hydrogen-bond donors (Lipinski definition) is 3. The molecule has 5 heteroatoms. The highest BCUT2D eigenvalue weighted by molar-refractivity contribution is 5.79. The Bertz CT molecular complexity index is 281. The van der Waals surface area contributed by atoms with Gasteiger partial charge in [-0.05, 0) is 38.0 Å². The fourth-order valence-corrected chi connectivity index (χ4v) is 2.95. The first-order chi connectivity index (χ1) is 9.69. The van der Waals surface area contributed by atoms with Crippen LogP contribution in [0.2, 0.25) is 0 Å². The van der Waals surface area contributed by atoms with Gasteiger partial charge in [-0.2, -0.15) is 0 Å². The molecule has 0 heterocycles. The highest BCUT2D eigenvalue weighted by atomic mass is 16.5. The van der Waals surface area contributed by atoms with Crippen molar-refractivity contribution in [3.63, 3.8) is 0 Å². The van der Waals surface area contributed by atoms with Crippen LogP contribution in [0.15, 0.2) is 4.99 Å². The van der Waals surface area contributed by atoms with Gasteiger partial charge in [0.15, 0.2) is 0 Å². The lowest BCUT2D eigenvalue weighted by Gasteiger charge is -2.35. The van der Waals surface area contributed by atoms with E-state index in [4.69, 9.17) is 10.6 Å². The van der Waals surface area contributed by atoms with E-state index in [2.05, 4.69) is 29.6 Å². The zero-order valence-corrected chi connectivity index (χ0v) is 13.3.